The van der Waals surface area contributed by atoms with E-state index in [1.807, 2.05) is 0 Å². The first kappa shape index (κ1) is 11.9. The van der Waals surface area contributed by atoms with Crippen LogP contribution in [0.2, 0.25) is 0 Å². The summed E-state index contributed by atoms with van der Waals surface area (Å²) in [6, 6.07) is 12.6. The third-order valence-electron chi connectivity index (χ3n) is 2.85. The third kappa shape index (κ3) is 2.59. The predicted molar refractivity (Wildman–Crippen MR) is 72.5 cm³/mol. The Hall–Kier alpha value is -1.54. The molecule has 2 nitrogen and oxygen atoms in total. The molecule has 0 bridgehead atoms. The van der Waals surface area contributed by atoms with Crippen LogP contribution >= 0.6 is 0 Å². The van der Waals surface area contributed by atoms with Crippen LogP contribution in [0.15, 0.2) is 36.4 Å². The molecule has 90 valence electrons. The Balaban J connectivity index is 2.47. The summed E-state index contributed by atoms with van der Waals surface area (Å²) < 4.78 is 5.79. The smallest absolute Gasteiger partial charge is 0.123 e. The largest absolute Gasteiger partial charge is 0.493 e. The van der Waals surface area contributed by atoms with E-state index in [-0.39, 0.29) is 0 Å². The molecule has 0 fully saturated rings. The summed E-state index contributed by atoms with van der Waals surface area (Å²) in [5.41, 5.74) is 6.93. The highest BCUT2D eigenvalue weighted by atomic mass is 16.5. The molecular formula is C15H19NO. The van der Waals surface area contributed by atoms with E-state index in [1.54, 1.807) is 0 Å². The van der Waals surface area contributed by atoms with E-state index >= 15 is 0 Å². The molecule has 0 atom stereocenters. The molecule has 2 rings (SSSR count). The van der Waals surface area contributed by atoms with Crippen molar-refractivity contribution in [3.63, 3.8) is 0 Å². The molecule has 0 spiro atoms. The number of hydrogen-bond donors (Lipinski definition) is 1. The highest BCUT2D eigenvalue weighted by Gasteiger charge is 2.07. The Bertz CT molecular complexity index is 493. The van der Waals surface area contributed by atoms with Gasteiger partial charge in [0.1, 0.15) is 5.75 Å². The fraction of sp³-hybridized carbons (Fsp3) is 0.333. The molecule has 2 heteroatoms. The predicted octanol–water partition coefficient (Wildman–Crippen LogP) is 3.13. The summed E-state index contributed by atoms with van der Waals surface area (Å²) in [5, 5.41) is 2.51. The second kappa shape index (κ2) is 5.69. The molecule has 0 aliphatic heterocycles. The first-order valence-electron chi connectivity index (χ1n) is 6.20. The van der Waals surface area contributed by atoms with E-state index in [0.29, 0.717) is 6.54 Å². The molecule has 0 heterocycles. The first-order valence-corrected chi connectivity index (χ1v) is 6.20. The van der Waals surface area contributed by atoms with Crippen LogP contribution in [0.4, 0.5) is 0 Å². The molecule has 0 amide bonds. The fourth-order valence-electron chi connectivity index (χ4n) is 2.07. The number of ether oxygens (including phenoxy) is 1. The minimum absolute atomic E-state index is 0.649. The van der Waals surface area contributed by atoms with Crippen molar-refractivity contribution in [2.75, 3.05) is 13.2 Å². The number of benzene rings is 2. The zero-order valence-electron chi connectivity index (χ0n) is 10.3. The molecule has 0 unspecified atom stereocenters. The fourth-order valence-corrected chi connectivity index (χ4v) is 2.07. The highest BCUT2D eigenvalue weighted by molar-refractivity contribution is 5.87. The lowest BCUT2D eigenvalue weighted by Crippen LogP contribution is -2.06. The molecule has 2 N–H and O–H groups in total. The lowest BCUT2D eigenvalue weighted by Gasteiger charge is -2.13. The van der Waals surface area contributed by atoms with Gasteiger partial charge in [-0.15, -0.1) is 0 Å². The molecule has 0 radical (unpaired) electrons. The van der Waals surface area contributed by atoms with Gasteiger partial charge in [0.2, 0.25) is 0 Å². The van der Waals surface area contributed by atoms with Crippen LogP contribution in [0.25, 0.3) is 10.8 Å². The minimum Gasteiger partial charge on any atom is -0.493 e. The van der Waals surface area contributed by atoms with Gasteiger partial charge in [0.05, 0.1) is 6.61 Å². The summed E-state index contributed by atoms with van der Waals surface area (Å²) in [6.07, 6.45) is 1.88. The number of fused-ring (bicyclic) bond motifs is 1. The van der Waals surface area contributed by atoms with Gasteiger partial charge in [0.15, 0.2) is 0 Å². The van der Waals surface area contributed by atoms with E-state index in [0.717, 1.165) is 25.2 Å². The van der Waals surface area contributed by atoms with Crippen LogP contribution in [0.1, 0.15) is 18.9 Å². The van der Waals surface area contributed by atoms with Gasteiger partial charge in [-0.05, 0) is 36.2 Å². The molecule has 0 saturated heterocycles. The third-order valence-corrected chi connectivity index (χ3v) is 2.85. The lowest BCUT2D eigenvalue weighted by atomic mass is 10.0. The Kier molecular flexibility index (Phi) is 3.99. The highest BCUT2D eigenvalue weighted by Crippen LogP contribution is 2.28. The molecule has 0 aliphatic carbocycles. The second-order valence-corrected chi connectivity index (χ2v) is 4.15. The minimum atomic E-state index is 0.649. The normalized spacial score (nSPS) is 10.7. The molecule has 2 aromatic carbocycles. The van der Waals surface area contributed by atoms with Gasteiger partial charge >= 0.3 is 0 Å². The number of rotatable bonds is 5. The first-order chi connectivity index (χ1) is 8.36. The zero-order valence-corrected chi connectivity index (χ0v) is 10.3. The van der Waals surface area contributed by atoms with Crippen LogP contribution in [-0.4, -0.2) is 13.2 Å². The van der Waals surface area contributed by atoms with Crippen LogP contribution in [0, 0.1) is 0 Å². The van der Waals surface area contributed by atoms with Crippen molar-refractivity contribution in [1.82, 2.24) is 0 Å². The molecular weight excluding hydrogens is 210 g/mol. The van der Waals surface area contributed by atoms with Gasteiger partial charge < -0.3 is 10.5 Å². The van der Waals surface area contributed by atoms with Crippen molar-refractivity contribution in [1.29, 1.82) is 0 Å². The molecule has 0 aliphatic rings. The van der Waals surface area contributed by atoms with Crippen molar-refractivity contribution < 1.29 is 4.74 Å². The maximum absolute atomic E-state index is 5.79. The summed E-state index contributed by atoms with van der Waals surface area (Å²) in [7, 11) is 0. The molecule has 2 aromatic rings. The van der Waals surface area contributed by atoms with E-state index in [2.05, 4.69) is 43.3 Å². The van der Waals surface area contributed by atoms with E-state index in [9.17, 15) is 0 Å². The Morgan fingerprint density at radius 3 is 2.71 bits per heavy atom. The Morgan fingerprint density at radius 1 is 1.12 bits per heavy atom. The average molecular weight is 229 g/mol. The number of nitrogens with two attached hydrogens (primary N) is 1. The van der Waals surface area contributed by atoms with Gasteiger partial charge in [0.25, 0.3) is 0 Å². The van der Waals surface area contributed by atoms with Crippen LogP contribution in [-0.2, 0) is 6.42 Å². The standard InChI is InChI=1S/C15H19NO/c1-2-11-17-15-8-7-12-5-3-4-6-13(12)14(15)9-10-16/h3-8H,2,9-11,16H2,1H3. The Labute approximate surface area is 102 Å². The summed E-state index contributed by atoms with van der Waals surface area (Å²) in [6.45, 7) is 3.52. The molecule has 0 aromatic heterocycles. The quantitative estimate of drug-likeness (QED) is 0.855. The van der Waals surface area contributed by atoms with Gasteiger partial charge in [-0.1, -0.05) is 37.3 Å². The Morgan fingerprint density at radius 2 is 1.94 bits per heavy atom. The van der Waals surface area contributed by atoms with Gasteiger partial charge in [-0.3, -0.25) is 0 Å². The lowest BCUT2D eigenvalue weighted by molar-refractivity contribution is 0.315. The van der Waals surface area contributed by atoms with Crippen LogP contribution in [0.3, 0.4) is 0 Å². The van der Waals surface area contributed by atoms with Crippen molar-refractivity contribution in [2.24, 2.45) is 5.73 Å². The zero-order chi connectivity index (χ0) is 12.1. The van der Waals surface area contributed by atoms with Gasteiger partial charge in [-0.25, -0.2) is 0 Å². The van der Waals surface area contributed by atoms with Crippen LogP contribution in [0.5, 0.6) is 5.75 Å². The SMILES string of the molecule is CCCOc1ccc2ccccc2c1CCN. The maximum Gasteiger partial charge on any atom is 0.123 e. The van der Waals surface area contributed by atoms with E-state index in [1.165, 1.54) is 16.3 Å². The van der Waals surface area contributed by atoms with E-state index < -0.39 is 0 Å². The van der Waals surface area contributed by atoms with Gasteiger partial charge in [-0.2, -0.15) is 0 Å². The van der Waals surface area contributed by atoms with Crippen molar-refractivity contribution in [3.05, 3.63) is 42.0 Å². The van der Waals surface area contributed by atoms with Crippen molar-refractivity contribution in [2.45, 2.75) is 19.8 Å². The summed E-state index contributed by atoms with van der Waals surface area (Å²) in [4.78, 5) is 0. The van der Waals surface area contributed by atoms with Crippen molar-refractivity contribution >= 4 is 10.8 Å². The van der Waals surface area contributed by atoms with Crippen molar-refractivity contribution in [3.8, 4) is 5.75 Å². The number of hydrogen-bond acceptors (Lipinski definition) is 2. The molecule has 17 heavy (non-hydrogen) atoms. The van der Waals surface area contributed by atoms with Gasteiger partial charge in [0, 0.05) is 5.56 Å². The monoisotopic (exact) mass is 229 g/mol. The molecule has 0 saturated carbocycles. The maximum atomic E-state index is 5.79. The topological polar surface area (TPSA) is 35.2 Å². The van der Waals surface area contributed by atoms with Crippen LogP contribution < -0.4 is 10.5 Å². The van der Waals surface area contributed by atoms with E-state index in [4.69, 9.17) is 10.5 Å². The average Bonchev–Trinajstić information content (AvgIpc) is 2.38. The second-order valence-electron chi connectivity index (χ2n) is 4.15. The summed E-state index contributed by atoms with van der Waals surface area (Å²) in [5.74, 6) is 0.982. The summed E-state index contributed by atoms with van der Waals surface area (Å²) >= 11 is 0.